The molecule has 0 saturated heterocycles. The second kappa shape index (κ2) is 12.1. The monoisotopic (exact) mass is 550 g/mol. The lowest BCUT2D eigenvalue weighted by Gasteiger charge is -2.23. The van der Waals surface area contributed by atoms with Crippen molar-refractivity contribution >= 4 is 28.1 Å². The lowest BCUT2D eigenvalue weighted by molar-refractivity contribution is -0.0556. The van der Waals surface area contributed by atoms with Crippen molar-refractivity contribution in [1.29, 1.82) is 0 Å². The summed E-state index contributed by atoms with van der Waals surface area (Å²) in [6, 6.07) is 13.8. The van der Waals surface area contributed by atoms with E-state index in [-0.39, 0.29) is 11.6 Å². The Kier molecular flexibility index (Phi) is 8.80. The van der Waals surface area contributed by atoms with Crippen LogP contribution >= 0.6 is 0 Å². The highest BCUT2D eigenvalue weighted by molar-refractivity contribution is 5.92. The molecule has 2 N–H and O–H groups in total. The predicted octanol–water partition coefficient (Wildman–Crippen LogP) is 5.47. The van der Waals surface area contributed by atoms with Gasteiger partial charge in [0, 0.05) is 41.8 Å². The number of hydrogen-bond donors (Lipinski definition) is 2. The van der Waals surface area contributed by atoms with E-state index in [4.69, 9.17) is 9.84 Å². The van der Waals surface area contributed by atoms with Crippen LogP contribution in [0.25, 0.3) is 10.9 Å². The van der Waals surface area contributed by atoms with Crippen molar-refractivity contribution in [3.8, 4) is 5.88 Å². The van der Waals surface area contributed by atoms with Gasteiger partial charge in [0.1, 0.15) is 18.2 Å². The molecule has 0 radical (unpaired) electrons. The zero-order chi connectivity index (χ0) is 29.0. The van der Waals surface area contributed by atoms with Crippen LogP contribution in [-0.2, 0) is 12.3 Å². The summed E-state index contributed by atoms with van der Waals surface area (Å²) in [5, 5.41) is 13.3. The summed E-state index contributed by atoms with van der Waals surface area (Å²) in [5.41, 5.74) is 4.02. The molecule has 2 heterocycles. The number of ether oxygens (including phenoxy) is 1. The molecule has 0 aliphatic rings. The fourth-order valence-corrected chi connectivity index (χ4v) is 4.49. The minimum absolute atomic E-state index is 0.230. The molecule has 0 saturated carbocycles. The van der Waals surface area contributed by atoms with Crippen LogP contribution in [0.3, 0.4) is 0 Å². The van der Waals surface area contributed by atoms with Gasteiger partial charge in [-0.3, -0.25) is 0 Å². The van der Waals surface area contributed by atoms with Crippen LogP contribution in [0.15, 0.2) is 54.7 Å². The Labute approximate surface area is 233 Å². The average molecular weight is 551 g/mol. The van der Waals surface area contributed by atoms with E-state index in [1.165, 1.54) is 12.1 Å². The maximum atomic E-state index is 14.1. The first kappa shape index (κ1) is 29.1. The molecule has 0 unspecified atom stereocenters. The fraction of sp³-hybridized carbons (Fsp3) is 0.367. The van der Waals surface area contributed by atoms with Crippen molar-refractivity contribution in [3.63, 3.8) is 0 Å². The number of hydrogen-bond acceptors (Lipinski definition) is 8. The van der Waals surface area contributed by atoms with Gasteiger partial charge in [0.05, 0.1) is 24.5 Å². The first-order chi connectivity index (χ1) is 19.0. The molecule has 0 bridgehead atoms. The van der Waals surface area contributed by atoms with E-state index in [1.807, 2.05) is 58.1 Å². The summed E-state index contributed by atoms with van der Waals surface area (Å²) in [6.07, 6.45) is 2.58. The smallest absolute Gasteiger partial charge is 0.295 e. The number of likely N-dealkylation sites (N-methyl/N-ethyl adjacent to an activating group) is 1. The Morgan fingerprint density at radius 2 is 1.82 bits per heavy atom. The standard InChI is InChI=1S/C30H36F2N6O2/c1-19(21-8-7-9-23(14-21)30(31,32)18-39)34-28-26-16-24(10-11-27(26)35-20(2)36-28)38(5)25-15-22(12-13-37(3)4)29(40-6)33-17-25/h7-11,14-17,19,39H,12-13,18H2,1-6H3,(H,34,35,36)/t19-/m1/s1. The number of nitrogens with one attached hydrogen (secondary N) is 1. The quantitative estimate of drug-likeness (QED) is 0.254. The second-order valence-corrected chi connectivity index (χ2v) is 10.1. The molecule has 8 nitrogen and oxygen atoms in total. The van der Waals surface area contributed by atoms with E-state index >= 15 is 0 Å². The number of aliphatic hydroxyl groups excluding tert-OH is 1. The lowest BCUT2D eigenvalue weighted by atomic mass is 10.0. The Morgan fingerprint density at radius 1 is 1.05 bits per heavy atom. The van der Waals surface area contributed by atoms with E-state index in [0.29, 0.717) is 23.1 Å². The molecule has 4 rings (SSSR count). The number of methoxy groups -OCH3 is 1. The first-order valence-corrected chi connectivity index (χ1v) is 13.1. The van der Waals surface area contributed by atoms with Gasteiger partial charge < -0.3 is 25.0 Å². The van der Waals surface area contributed by atoms with Gasteiger partial charge in [0.25, 0.3) is 5.92 Å². The number of benzene rings is 2. The molecule has 0 spiro atoms. The number of pyridine rings is 1. The second-order valence-electron chi connectivity index (χ2n) is 10.1. The summed E-state index contributed by atoms with van der Waals surface area (Å²) in [5.74, 6) is -1.50. The van der Waals surface area contributed by atoms with Gasteiger partial charge >= 0.3 is 0 Å². The molecule has 0 fully saturated rings. The highest BCUT2D eigenvalue weighted by atomic mass is 19.3. The number of aliphatic hydroxyl groups is 1. The van der Waals surface area contributed by atoms with Gasteiger partial charge in [-0.05, 0) is 70.3 Å². The Hall–Kier alpha value is -3.89. The Morgan fingerprint density at radius 3 is 2.52 bits per heavy atom. The average Bonchev–Trinajstić information content (AvgIpc) is 2.95. The lowest BCUT2D eigenvalue weighted by Crippen LogP contribution is -2.19. The van der Waals surface area contributed by atoms with Crippen LogP contribution in [0.2, 0.25) is 0 Å². The molecular weight excluding hydrogens is 514 g/mol. The topological polar surface area (TPSA) is 86.6 Å². The van der Waals surface area contributed by atoms with Crippen LogP contribution in [0, 0.1) is 6.92 Å². The van der Waals surface area contributed by atoms with Crippen LogP contribution in [0.4, 0.5) is 26.0 Å². The van der Waals surface area contributed by atoms with E-state index in [2.05, 4.69) is 31.2 Å². The number of halogens is 2. The zero-order valence-corrected chi connectivity index (χ0v) is 23.7. The number of aryl methyl sites for hydroxylation is 1. The van der Waals surface area contributed by atoms with Gasteiger partial charge in [-0.25, -0.2) is 15.0 Å². The summed E-state index contributed by atoms with van der Waals surface area (Å²) >= 11 is 0. The molecule has 10 heteroatoms. The maximum absolute atomic E-state index is 14.1. The normalized spacial score (nSPS) is 12.6. The van der Waals surface area contributed by atoms with Gasteiger partial charge in [0.2, 0.25) is 5.88 Å². The largest absolute Gasteiger partial charge is 0.481 e. The third kappa shape index (κ3) is 6.46. The van der Waals surface area contributed by atoms with Crippen molar-refractivity contribution in [2.24, 2.45) is 0 Å². The molecule has 40 heavy (non-hydrogen) atoms. The molecule has 4 aromatic rings. The third-order valence-corrected chi connectivity index (χ3v) is 6.86. The SMILES string of the molecule is COc1ncc(N(C)c2ccc3nc(C)nc(N[C@H](C)c4cccc(C(F)(F)CO)c4)c3c2)cc1CCN(C)C. The van der Waals surface area contributed by atoms with Crippen molar-refractivity contribution in [2.45, 2.75) is 32.2 Å². The fourth-order valence-electron chi connectivity index (χ4n) is 4.49. The summed E-state index contributed by atoms with van der Waals surface area (Å²) < 4.78 is 33.7. The van der Waals surface area contributed by atoms with E-state index in [1.54, 1.807) is 25.4 Å². The van der Waals surface area contributed by atoms with Crippen LogP contribution in [-0.4, -0.2) is 66.4 Å². The third-order valence-electron chi connectivity index (χ3n) is 6.86. The van der Waals surface area contributed by atoms with E-state index in [9.17, 15) is 8.78 Å². The molecule has 2 aromatic carbocycles. The Balaban J connectivity index is 1.67. The highest BCUT2D eigenvalue weighted by Crippen LogP contribution is 2.33. The molecule has 0 amide bonds. The van der Waals surface area contributed by atoms with Crippen LogP contribution < -0.4 is 15.0 Å². The van der Waals surface area contributed by atoms with Crippen LogP contribution in [0.5, 0.6) is 5.88 Å². The number of fused-ring (bicyclic) bond motifs is 1. The minimum Gasteiger partial charge on any atom is -0.481 e. The van der Waals surface area contributed by atoms with Crippen molar-refractivity contribution in [1.82, 2.24) is 19.9 Å². The molecule has 2 aromatic heterocycles. The number of alkyl halides is 2. The first-order valence-electron chi connectivity index (χ1n) is 13.1. The molecule has 0 aliphatic carbocycles. The summed E-state index contributed by atoms with van der Waals surface area (Å²) in [4.78, 5) is 17.9. The number of rotatable bonds is 11. The predicted molar refractivity (Wildman–Crippen MR) is 155 cm³/mol. The molecule has 1 atom stereocenters. The summed E-state index contributed by atoms with van der Waals surface area (Å²) in [6.45, 7) is 3.32. The number of nitrogens with zero attached hydrogens (tertiary/aromatic N) is 5. The molecule has 0 aliphatic heterocycles. The van der Waals surface area contributed by atoms with Crippen molar-refractivity contribution < 1.29 is 18.6 Å². The van der Waals surface area contributed by atoms with Gasteiger partial charge in [-0.15, -0.1) is 0 Å². The number of anilines is 3. The van der Waals surface area contributed by atoms with Gasteiger partial charge in [-0.2, -0.15) is 8.78 Å². The van der Waals surface area contributed by atoms with E-state index < -0.39 is 12.5 Å². The van der Waals surface area contributed by atoms with Crippen molar-refractivity contribution in [3.05, 3.63) is 77.2 Å². The maximum Gasteiger partial charge on any atom is 0.295 e. The van der Waals surface area contributed by atoms with Gasteiger partial charge in [0.15, 0.2) is 0 Å². The van der Waals surface area contributed by atoms with Crippen LogP contribution in [0.1, 0.15) is 35.5 Å². The van der Waals surface area contributed by atoms with Crippen molar-refractivity contribution in [2.75, 3.05) is 51.6 Å². The summed E-state index contributed by atoms with van der Waals surface area (Å²) in [7, 11) is 7.66. The minimum atomic E-state index is -3.31. The molecular formula is C30H36F2N6O2. The zero-order valence-electron chi connectivity index (χ0n) is 23.7. The number of aromatic nitrogens is 3. The molecule has 212 valence electrons. The van der Waals surface area contributed by atoms with Gasteiger partial charge in [-0.1, -0.05) is 18.2 Å². The highest BCUT2D eigenvalue weighted by Gasteiger charge is 2.30. The Bertz CT molecular complexity index is 1480. The van der Waals surface area contributed by atoms with E-state index in [0.717, 1.165) is 40.8 Å².